The van der Waals surface area contributed by atoms with Crippen molar-refractivity contribution in [2.24, 2.45) is 0 Å². The summed E-state index contributed by atoms with van der Waals surface area (Å²) in [6.07, 6.45) is 7.69. The molecule has 2 saturated heterocycles. The fourth-order valence-corrected chi connectivity index (χ4v) is 5.87. The number of methoxy groups -OCH3 is 1. The van der Waals surface area contributed by atoms with Crippen molar-refractivity contribution in [3.63, 3.8) is 0 Å². The van der Waals surface area contributed by atoms with Crippen molar-refractivity contribution >= 4 is 28.9 Å². The van der Waals surface area contributed by atoms with Gasteiger partial charge in [0.15, 0.2) is 16.8 Å². The summed E-state index contributed by atoms with van der Waals surface area (Å²) in [5, 5.41) is 3.64. The predicted octanol–water partition coefficient (Wildman–Crippen LogP) is 6.09. The molecule has 2 fully saturated rings. The number of benzene rings is 1. The Kier molecular flexibility index (Phi) is 9.79. The van der Waals surface area contributed by atoms with E-state index in [9.17, 15) is 4.79 Å². The molecule has 3 heterocycles. The molecule has 1 aromatic carbocycles. The number of anilines is 2. The number of aromatic nitrogens is 2. The molecule has 0 radical (unpaired) electrons. The number of ketones is 1. The summed E-state index contributed by atoms with van der Waals surface area (Å²) in [6, 6.07) is 6.94. The molecule has 0 bridgehead atoms. The molecule has 2 aliphatic heterocycles. The maximum Gasteiger partial charge on any atom is 0.185 e. The summed E-state index contributed by atoms with van der Waals surface area (Å²) >= 11 is 6.38. The highest BCUT2D eigenvalue weighted by Crippen LogP contribution is 2.37. The minimum absolute atomic E-state index is 0.0110. The summed E-state index contributed by atoms with van der Waals surface area (Å²) in [6.45, 7) is 8.73. The standard InChI is InChI=1S/C29H42ClN5O2/c1-5-7-8-25(36)27-29(33-28(30)24(6-2)32-27)31-21-9-10-23(26(19-21)37-4)20-11-17-35(18-12-20)22-13-15-34(3)16-14-22/h9-10,19-20,22H,5-8,11-18H2,1-4H3,(H,31,33). The van der Waals surface area contributed by atoms with Crippen LogP contribution >= 0.6 is 11.6 Å². The number of Topliss-reactive ketones (excluding diaryl/α,β-unsaturated/α-hetero) is 1. The average molecular weight is 528 g/mol. The van der Waals surface area contributed by atoms with E-state index in [1.807, 2.05) is 19.1 Å². The molecule has 7 nitrogen and oxygen atoms in total. The highest BCUT2D eigenvalue weighted by Gasteiger charge is 2.29. The van der Waals surface area contributed by atoms with E-state index >= 15 is 0 Å². The number of carbonyl (C=O) groups is 1. The molecule has 0 unspecified atom stereocenters. The molecule has 202 valence electrons. The van der Waals surface area contributed by atoms with Gasteiger partial charge in [-0.25, -0.2) is 9.97 Å². The largest absolute Gasteiger partial charge is 0.496 e. The topological polar surface area (TPSA) is 70.6 Å². The molecule has 0 spiro atoms. The molecule has 0 amide bonds. The van der Waals surface area contributed by atoms with Crippen molar-refractivity contribution in [1.29, 1.82) is 0 Å². The zero-order valence-electron chi connectivity index (χ0n) is 22.9. The van der Waals surface area contributed by atoms with Crippen LogP contribution in [-0.2, 0) is 6.42 Å². The second kappa shape index (κ2) is 13.0. The van der Waals surface area contributed by atoms with Crippen molar-refractivity contribution < 1.29 is 9.53 Å². The Morgan fingerprint density at radius 1 is 1.11 bits per heavy atom. The molecule has 37 heavy (non-hydrogen) atoms. The Balaban J connectivity index is 1.48. The fourth-order valence-electron chi connectivity index (χ4n) is 5.61. The number of nitrogens with one attached hydrogen (secondary N) is 1. The van der Waals surface area contributed by atoms with Gasteiger partial charge in [0, 0.05) is 24.2 Å². The van der Waals surface area contributed by atoms with Gasteiger partial charge in [-0.3, -0.25) is 4.79 Å². The number of likely N-dealkylation sites (tertiary alicyclic amines) is 2. The Hall–Kier alpha value is -2.22. The molecule has 2 aromatic rings. The molecule has 4 rings (SSSR count). The lowest BCUT2D eigenvalue weighted by molar-refractivity contribution is 0.0963. The molecule has 1 N–H and O–H groups in total. The number of halogens is 1. The maximum atomic E-state index is 12.9. The average Bonchev–Trinajstić information content (AvgIpc) is 2.92. The van der Waals surface area contributed by atoms with Crippen LogP contribution in [-0.4, -0.2) is 71.9 Å². The van der Waals surface area contributed by atoms with Gasteiger partial charge in [-0.2, -0.15) is 0 Å². The summed E-state index contributed by atoms with van der Waals surface area (Å²) in [5.74, 6) is 1.74. The quantitative estimate of drug-likeness (QED) is 0.375. The zero-order chi connectivity index (χ0) is 26.4. The third-order valence-corrected chi connectivity index (χ3v) is 8.25. The van der Waals surface area contributed by atoms with Gasteiger partial charge >= 0.3 is 0 Å². The van der Waals surface area contributed by atoms with Crippen LogP contribution in [0.4, 0.5) is 11.5 Å². The van der Waals surface area contributed by atoms with Gasteiger partial charge in [-0.1, -0.05) is 37.9 Å². The van der Waals surface area contributed by atoms with Crippen molar-refractivity contribution in [1.82, 2.24) is 19.8 Å². The highest BCUT2D eigenvalue weighted by molar-refractivity contribution is 6.30. The Morgan fingerprint density at radius 2 is 1.84 bits per heavy atom. The van der Waals surface area contributed by atoms with E-state index in [1.165, 1.54) is 31.5 Å². The van der Waals surface area contributed by atoms with Crippen LogP contribution in [0.25, 0.3) is 0 Å². The van der Waals surface area contributed by atoms with E-state index < -0.39 is 0 Å². The van der Waals surface area contributed by atoms with Crippen LogP contribution in [0.15, 0.2) is 18.2 Å². The first-order valence-electron chi connectivity index (χ1n) is 13.9. The lowest BCUT2D eigenvalue weighted by Gasteiger charge is -2.41. The first-order valence-corrected chi connectivity index (χ1v) is 14.3. The molecule has 2 aliphatic rings. The normalized spacial score (nSPS) is 18.2. The zero-order valence-corrected chi connectivity index (χ0v) is 23.6. The number of carbonyl (C=O) groups excluding carboxylic acids is 1. The van der Waals surface area contributed by atoms with Crippen molar-refractivity contribution in [3.8, 4) is 5.75 Å². The third kappa shape index (κ3) is 6.81. The number of hydrogen-bond donors (Lipinski definition) is 1. The van der Waals surface area contributed by atoms with E-state index in [0.717, 1.165) is 56.3 Å². The van der Waals surface area contributed by atoms with Crippen LogP contribution in [0, 0.1) is 0 Å². The highest BCUT2D eigenvalue weighted by atomic mass is 35.5. The monoisotopic (exact) mass is 527 g/mol. The number of piperidine rings is 2. The molecule has 0 saturated carbocycles. The van der Waals surface area contributed by atoms with Gasteiger partial charge in [-0.05, 0) is 89.3 Å². The van der Waals surface area contributed by atoms with Crippen molar-refractivity contribution in [3.05, 3.63) is 40.3 Å². The number of nitrogens with zero attached hydrogens (tertiary/aromatic N) is 4. The number of unbranched alkanes of at least 4 members (excludes halogenated alkanes) is 1. The molecule has 1 aromatic heterocycles. The predicted molar refractivity (Wildman–Crippen MR) is 151 cm³/mol. The molecular formula is C29H42ClN5O2. The molecular weight excluding hydrogens is 486 g/mol. The van der Waals surface area contributed by atoms with Crippen LogP contribution in [0.1, 0.15) is 86.5 Å². The SMILES string of the molecule is CCCCC(=O)c1nc(CC)c(Cl)nc1Nc1ccc(C2CCN(C3CCN(C)CC3)CC2)c(OC)c1. The van der Waals surface area contributed by atoms with E-state index in [0.29, 0.717) is 41.1 Å². The van der Waals surface area contributed by atoms with Crippen molar-refractivity contribution in [2.75, 3.05) is 45.7 Å². The van der Waals surface area contributed by atoms with Gasteiger partial charge in [0.25, 0.3) is 0 Å². The maximum absolute atomic E-state index is 12.9. The smallest absolute Gasteiger partial charge is 0.185 e. The summed E-state index contributed by atoms with van der Waals surface area (Å²) in [4.78, 5) is 27.1. The number of aryl methyl sites for hydroxylation is 1. The van der Waals surface area contributed by atoms with Crippen LogP contribution < -0.4 is 10.1 Å². The van der Waals surface area contributed by atoms with Crippen molar-refractivity contribution in [2.45, 2.75) is 77.2 Å². The minimum Gasteiger partial charge on any atom is -0.496 e. The van der Waals surface area contributed by atoms with E-state index in [1.54, 1.807) is 7.11 Å². The Bertz CT molecular complexity index is 1060. The van der Waals surface area contributed by atoms with Crippen LogP contribution in [0.3, 0.4) is 0 Å². The Labute approximate surface area is 226 Å². The van der Waals surface area contributed by atoms with Crippen LogP contribution in [0.5, 0.6) is 5.75 Å². The molecule has 0 aliphatic carbocycles. The second-order valence-electron chi connectivity index (χ2n) is 10.5. The third-order valence-electron chi connectivity index (χ3n) is 7.95. The number of rotatable bonds is 10. The minimum atomic E-state index is -0.0110. The fraction of sp³-hybridized carbons (Fsp3) is 0.621. The number of ether oxygens (including phenoxy) is 1. The summed E-state index contributed by atoms with van der Waals surface area (Å²) < 4.78 is 5.83. The first-order chi connectivity index (χ1) is 17.9. The summed E-state index contributed by atoms with van der Waals surface area (Å²) in [5.41, 5.74) is 3.06. The lowest BCUT2D eigenvalue weighted by atomic mass is 9.87. The Morgan fingerprint density at radius 3 is 2.49 bits per heavy atom. The lowest BCUT2D eigenvalue weighted by Crippen LogP contribution is -2.46. The van der Waals surface area contributed by atoms with Crippen LogP contribution in [0.2, 0.25) is 5.15 Å². The van der Waals surface area contributed by atoms with Gasteiger partial charge < -0.3 is 19.9 Å². The second-order valence-corrected chi connectivity index (χ2v) is 10.8. The first kappa shape index (κ1) is 27.8. The van der Waals surface area contributed by atoms with E-state index in [4.69, 9.17) is 16.3 Å². The van der Waals surface area contributed by atoms with Gasteiger partial charge in [0.1, 0.15) is 11.4 Å². The summed E-state index contributed by atoms with van der Waals surface area (Å²) in [7, 11) is 3.95. The number of hydrogen-bond acceptors (Lipinski definition) is 7. The van der Waals surface area contributed by atoms with Gasteiger partial charge in [0.05, 0.1) is 12.8 Å². The van der Waals surface area contributed by atoms with E-state index in [2.05, 4.69) is 45.1 Å². The molecule has 8 heteroatoms. The van der Waals surface area contributed by atoms with Gasteiger partial charge in [0.2, 0.25) is 0 Å². The molecule has 0 atom stereocenters. The van der Waals surface area contributed by atoms with E-state index in [-0.39, 0.29) is 5.78 Å². The van der Waals surface area contributed by atoms with Gasteiger partial charge in [-0.15, -0.1) is 0 Å².